The van der Waals surface area contributed by atoms with Gasteiger partial charge in [-0.15, -0.1) is 0 Å². The average Bonchev–Trinajstić information content (AvgIpc) is 2.73. The smallest absolute Gasteiger partial charge is 0.305 e. The monoisotopic (exact) mass is 451 g/mol. The van der Waals surface area contributed by atoms with Gasteiger partial charge in [0.2, 0.25) is 0 Å². The van der Waals surface area contributed by atoms with Gasteiger partial charge in [0.1, 0.15) is 5.75 Å². The molecule has 2 rings (SSSR count). The summed E-state index contributed by atoms with van der Waals surface area (Å²) in [5.41, 5.74) is 2.57. The molecular formula is C23H34NO6P. The molecule has 1 aliphatic rings. The minimum Gasteiger partial charge on any atom is -0.507 e. The standard InChI is InChI=1S/C23H34NO6P/c1-6-7-11-30-22(27)9-8-10-24-20-13-21(26)17(15-25)12-19(20)18(14-23(24,2)3)16-31(28-4)29-5/h12-15,26H,6-11,16H2,1-5H3. The number of hydrogen-bond acceptors (Lipinski definition) is 7. The predicted octanol–water partition coefficient (Wildman–Crippen LogP) is 4.91. The lowest BCUT2D eigenvalue weighted by Gasteiger charge is -2.44. The lowest BCUT2D eigenvalue weighted by molar-refractivity contribution is -0.143. The van der Waals surface area contributed by atoms with Crippen molar-refractivity contribution in [2.24, 2.45) is 0 Å². The van der Waals surface area contributed by atoms with Crippen LogP contribution in [-0.2, 0) is 18.6 Å². The number of anilines is 1. The average molecular weight is 452 g/mol. The highest BCUT2D eigenvalue weighted by Crippen LogP contribution is 2.47. The van der Waals surface area contributed by atoms with Crippen LogP contribution in [0.5, 0.6) is 5.75 Å². The molecule has 1 heterocycles. The molecule has 0 bridgehead atoms. The van der Waals surface area contributed by atoms with Crippen LogP contribution in [0.15, 0.2) is 18.2 Å². The molecule has 0 aromatic heterocycles. The fourth-order valence-electron chi connectivity index (χ4n) is 3.73. The molecule has 0 fully saturated rings. The summed E-state index contributed by atoms with van der Waals surface area (Å²) in [7, 11) is 2.12. The molecule has 0 amide bonds. The summed E-state index contributed by atoms with van der Waals surface area (Å²) < 4.78 is 16.1. The Morgan fingerprint density at radius 3 is 2.55 bits per heavy atom. The summed E-state index contributed by atoms with van der Waals surface area (Å²) in [6.45, 7) is 7.29. The molecule has 172 valence electrons. The van der Waals surface area contributed by atoms with Crippen LogP contribution < -0.4 is 4.90 Å². The predicted molar refractivity (Wildman–Crippen MR) is 124 cm³/mol. The van der Waals surface area contributed by atoms with Gasteiger partial charge in [0.25, 0.3) is 0 Å². The second-order valence-corrected chi connectivity index (χ2v) is 9.77. The molecular weight excluding hydrogens is 417 g/mol. The molecule has 8 heteroatoms. The number of unbranched alkanes of at least 4 members (excludes halogenated alkanes) is 1. The van der Waals surface area contributed by atoms with Gasteiger partial charge in [0, 0.05) is 50.7 Å². The van der Waals surface area contributed by atoms with Crippen LogP contribution in [0.1, 0.15) is 62.4 Å². The highest BCUT2D eigenvalue weighted by Gasteiger charge is 2.34. The van der Waals surface area contributed by atoms with E-state index in [2.05, 4.69) is 31.7 Å². The van der Waals surface area contributed by atoms with E-state index in [0.717, 1.165) is 29.7 Å². The number of phenols is 1. The number of nitrogens with zero attached hydrogens (tertiary/aromatic N) is 1. The number of phenolic OH excluding ortho intramolecular Hbond substituents is 1. The van der Waals surface area contributed by atoms with E-state index in [1.165, 1.54) is 0 Å². The third-order valence-electron chi connectivity index (χ3n) is 5.36. The van der Waals surface area contributed by atoms with Crippen LogP contribution >= 0.6 is 8.38 Å². The number of esters is 1. The second kappa shape index (κ2) is 11.6. The van der Waals surface area contributed by atoms with E-state index in [-0.39, 0.29) is 22.8 Å². The van der Waals surface area contributed by atoms with Crippen molar-refractivity contribution in [2.75, 3.05) is 38.4 Å². The summed E-state index contributed by atoms with van der Waals surface area (Å²) in [5.74, 6) is -0.250. The maximum Gasteiger partial charge on any atom is 0.305 e. The molecule has 0 saturated heterocycles. The Labute approximate surface area is 186 Å². The Morgan fingerprint density at radius 2 is 1.94 bits per heavy atom. The Hall–Kier alpha value is -1.95. The number of ether oxygens (including phenoxy) is 1. The molecule has 1 aliphatic heterocycles. The number of aldehydes is 1. The zero-order valence-corrected chi connectivity index (χ0v) is 20.0. The first-order valence-corrected chi connectivity index (χ1v) is 12.0. The maximum absolute atomic E-state index is 12.0. The first-order valence-electron chi connectivity index (χ1n) is 10.6. The van der Waals surface area contributed by atoms with Crippen LogP contribution in [0, 0.1) is 0 Å². The van der Waals surface area contributed by atoms with Crippen molar-refractivity contribution in [1.82, 2.24) is 0 Å². The maximum atomic E-state index is 12.0. The van der Waals surface area contributed by atoms with Gasteiger partial charge in [-0.1, -0.05) is 19.4 Å². The number of benzene rings is 1. The zero-order chi connectivity index (χ0) is 23.0. The van der Waals surface area contributed by atoms with Crippen molar-refractivity contribution in [3.63, 3.8) is 0 Å². The minimum absolute atomic E-state index is 0.0597. The van der Waals surface area contributed by atoms with Gasteiger partial charge in [0.15, 0.2) is 14.7 Å². The normalized spacial score (nSPS) is 14.9. The van der Waals surface area contributed by atoms with Crippen LogP contribution in [0.25, 0.3) is 5.57 Å². The van der Waals surface area contributed by atoms with Crippen molar-refractivity contribution < 1.29 is 28.5 Å². The Morgan fingerprint density at radius 1 is 1.23 bits per heavy atom. The highest BCUT2D eigenvalue weighted by molar-refractivity contribution is 7.47. The molecule has 1 aromatic rings. The largest absolute Gasteiger partial charge is 0.507 e. The fourth-order valence-corrected chi connectivity index (χ4v) is 4.67. The molecule has 0 atom stereocenters. The van der Waals surface area contributed by atoms with Gasteiger partial charge in [0.05, 0.1) is 17.7 Å². The molecule has 31 heavy (non-hydrogen) atoms. The summed E-state index contributed by atoms with van der Waals surface area (Å²) in [5, 5.41) is 10.4. The summed E-state index contributed by atoms with van der Waals surface area (Å²) in [6.07, 6.45) is 6.18. The van der Waals surface area contributed by atoms with Crippen LogP contribution in [0.3, 0.4) is 0 Å². The van der Waals surface area contributed by atoms with E-state index in [4.69, 9.17) is 13.8 Å². The molecule has 1 N–H and O–H groups in total. The fraction of sp³-hybridized carbons (Fsp3) is 0.565. The van der Waals surface area contributed by atoms with Gasteiger partial charge < -0.3 is 23.8 Å². The molecule has 0 saturated carbocycles. The van der Waals surface area contributed by atoms with Crippen molar-refractivity contribution >= 4 is 31.9 Å². The van der Waals surface area contributed by atoms with Gasteiger partial charge in [-0.3, -0.25) is 9.59 Å². The van der Waals surface area contributed by atoms with Crippen molar-refractivity contribution in [2.45, 2.75) is 52.0 Å². The van der Waals surface area contributed by atoms with Crippen LogP contribution in [-0.4, -0.2) is 56.4 Å². The van der Waals surface area contributed by atoms with Gasteiger partial charge >= 0.3 is 5.97 Å². The third-order valence-corrected chi connectivity index (χ3v) is 6.78. The Kier molecular flexibility index (Phi) is 9.48. The van der Waals surface area contributed by atoms with E-state index in [1.54, 1.807) is 26.4 Å². The van der Waals surface area contributed by atoms with E-state index < -0.39 is 8.38 Å². The molecule has 0 radical (unpaired) electrons. The van der Waals surface area contributed by atoms with E-state index in [0.29, 0.717) is 38.4 Å². The lowest BCUT2D eigenvalue weighted by Crippen LogP contribution is -2.46. The Bertz CT molecular complexity index is 804. The SMILES string of the molecule is CCCCOC(=O)CCCN1c2cc(O)c(C=O)cc2C(CP(OC)OC)=CC1(C)C. The van der Waals surface area contributed by atoms with E-state index >= 15 is 0 Å². The van der Waals surface area contributed by atoms with Gasteiger partial charge in [-0.05, 0) is 38.3 Å². The summed E-state index contributed by atoms with van der Waals surface area (Å²) in [6, 6.07) is 3.35. The number of hydrogen-bond donors (Lipinski definition) is 1. The minimum atomic E-state index is -1.11. The Balaban J connectivity index is 2.28. The quantitative estimate of drug-likeness (QED) is 0.209. The first-order chi connectivity index (χ1) is 14.8. The number of rotatable bonds is 12. The van der Waals surface area contributed by atoms with Crippen molar-refractivity contribution in [1.29, 1.82) is 0 Å². The molecule has 7 nitrogen and oxygen atoms in total. The number of carbonyl (C=O) groups excluding carboxylic acids is 2. The summed E-state index contributed by atoms with van der Waals surface area (Å²) >= 11 is 0. The van der Waals surface area contributed by atoms with Crippen LogP contribution in [0.4, 0.5) is 5.69 Å². The van der Waals surface area contributed by atoms with Crippen molar-refractivity contribution in [3.05, 3.63) is 29.3 Å². The third kappa shape index (κ3) is 6.52. The number of fused-ring (bicyclic) bond motifs is 1. The molecule has 0 spiro atoms. The number of carbonyl (C=O) groups is 2. The van der Waals surface area contributed by atoms with E-state index in [1.807, 2.05) is 0 Å². The van der Waals surface area contributed by atoms with E-state index in [9.17, 15) is 14.7 Å². The number of aromatic hydroxyl groups is 1. The summed E-state index contributed by atoms with van der Waals surface area (Å²) in [4.78, 5) is 25.6. The van der Waals surface area contributed by atoms with Gasteiger partial charge in [-0.2, -0.15) is 0 Å². The highest BCUT2D eigenvalue weighted by atomic mass is 31.2. The van der Waals surface area contributed by atoms with Gasteiger partial charge in [-0.25, -0.2) is 0 Å². The number of allylic oxidation sites excluding steroid dienone is 1. The first kappa shape index (κ1) is 25.3. The zero-order valence-electron chi connectivity index (χ0n) is 19.1. The van der Waals surface area contributed by atoms with Crippen LogP contribution in [0.2, 0.25) is 0 Å². The lowest BCUT2D eigenvalue weighted by atomic mass is 9.87. The second-order valence-electron chi connectivity index (χ2n) is 8.05. The molecule has 0 unspecified atom stereocenters. The molecule has 1 aromatic carbocycles. The molecule has 0 aliphatic carbocycles. The van der Waals surface area contributed by atoms with Crippen molar-refractivity contribution in [3.8, 4) is 5.75 Å². The topological polar surface area (TPSA) is 85.3 Å².